The molecule has 0 aromatic carbocycles. The van der Waals surface area contributed by atoms with Crippen LogP contribution in [0.4, 0.5) is 0 Å². The first-order chi connectivity index (χ1) is 27.9. The summed E-state index contributed by atoms with van der Waals surface area (Å²) < 4.78 is 33.5. The molecule has 340 valence electrons. The molecule has 8 nitrogen and oxygen atoms in total. The minimum Gasteiger partial charge on any atom is -0.457 e. The molecule has 2 atom stereocenters. The Bertz CT molecular complexity index is 889. The maximum atomic E-state index is 12.6. The fourth-order valence-electron chi connectivity index (χ4n) is 7.29. The predicted molar refractivity (Wildman–Crippen MR) is 243 cm³/mol. The van der Waals surface area contributed by atoms with Crippen LogP contribution in [0.1, 0.15) is 251 Å². The summed E-state index contributed by atoms with van der Waals surface area (Å²) in [4.78, 5) is 22.5. The van der Waals surface area contributed by atoms with E-state index < -0.39 is 13.9 Å². The largest absolute Gasteiger partial charge is 0.472 e. The summed E-state index contributed by atoms with van der Waals surface area (Å²) >= 11 is 0. The standard InChI is InChI=1S/C48H96NO7P/c1-3-5-7-9-11-13-15-17-19-20-21-22-23-24-25-26-27-29-31-33-35-37-39-41-48(50)56-47(46-55-57(51,52)54-44-42-49)45-53-43-40-38-36-34-32-30-28-18-16-14-12-10-8-6-4-2/h16,18,47H,3-15,17,19-46,49H2,1-2H3,(H,51,52)/b18-16-. The summed E-state index contributed by atoms with van der Waals surface area (Å²) in [5.74, 6) is -0.326. The van der Waals surface area contributed by atoms with Gasteiger partial charge in [0.2, 0.25) is 0 Å². The van der Waals surface area contributed by atoms with Gasteiger partial charge in [0, 0.05) is 19.6 Å². The number of esters is 1. The van der Waals surface area contributed by atoms with E-state index in [4.69, 9.17) is 24.3 Å². The van der Waals surface area contributed by atoms with E-state index >= 15 is 0 Å². The van der Waals surface area contributed by atoms with E-state index in [1.807, 2.05) is 0 Å². The van der Waals surface area contributed by atoms with Crippen LogP contribution in [0.15, 0.2) is 12.2 Å². The summed E-state index contributed by atoms with van der Waals surface area (Å²) in [6, 6.07) is 0. The number of hydrogen-bond donors (Lipinski definition) is 2. The maximum absolute atomic E-state index is 12.6. The molecule has 0 spiro atoms. The van der Waals surface area contributed by atoms with Crippen LogP contribution in [0.5, 0.6) is 0 Å². The van der Waals surface area contributed by atoms with Gasteiger partial charge in [-0.1, -0.05) is 219 Å². The van der Waals surface area contributed by atoms with Gasteiger partial charge in [0.1, 0.15) is 6.10 Å². The van der Waals surface area contributed by atoms with Crippen molar-refractivity contribution in [2.75, 3.05) is 33.0 Å². The topological polar surface area (TPSA) is 117 Å². The molecule has 0 aliphatic carbocycles. The number of nitrogens with two attached hydrogens (primary N) is 1. The van der Waals surface area contributed by atoms with E-state index in [0.717, 1.165) is 32.1 Å². The summed E-state index contributed by atoms with van der Waals surface area (Å²) in [7, 11) is -4.28. The van der Waals surface area contributed by atoms with Crippen LogP contribution in [0, 0.1) is 0 Å². The maximum Gasteiger partial charge on any atom is 0.472 e. The van der Waals surface area contributed by atoms with Crippen LogP contribution in [0.3, 0.4) is 0 Å². The van der Waals surface area contributed by atoms with Gasteiger partial charge in [-0.05, 0) is 38.5 Å². The Labute approximate surface area is 354 Å². The fraction of sp³-hybridized carbons (Fsp3) is 0.938. The molecule has 0 bridgehead atoms. The Balaban J connectivity index is 3.89. The van der Waals surface area contributed by atoms with Crippen LogP contribution in [-0.2, 0) is 27.9 Å². The minimum absolute atomic E-state index is 0.0931. The zero-order chi connectivity index (χ0) is 41.6. The number of hydrogen-bond acceptors (Lipinski definition) is 7. The summed E-state index contributed by atoms with van der Waals surface area (Å²) in [5.41, 5.74) is 5.38. The van der Waals surface area contributed by atoms with E-state index in [1.165, 1.54) is 199 Å². The van der Waals surface area contributed by atoms with Gasteiger partial charge in [0.25, 0.3) is 0 Å². The van der Waals surface area contributed by atoms with Crippen molar-refractivity contribution in [1.82, 2.24) is 0 Å². The van der Waals surface area contributed by atoms with Crippen LogP contribution in [0.2, 0.25) is 0 Å². The quantitative estimate of drug-likeness (QED) is 0.0269. The molecule has 0 aromatic heterocycles. The average molecular weight is 830 g/mol. The highest BCUT2D eigenvalue weighted by Gasteiger charge is 2.25. The van der Waals surface area contributed by atoms with E-state index in [0.29, 0.717) is 13.0 Å². The van der Waals surface area contributed by atoms with Crippen LogP contribution >= 0.6 is 7.82 Å². The van der Waals surface area contributed by atoms with Gasteiger partial charge in [-0.2, -0.15) is 0 Å². The molecule has 0 saturated heterocycles. The van der Waals surface area contributed by atoms with Crippen molar-refractivity contribution in [1.29, 1.82) is 0 Å². The zero-order valence-corrected chi connectivity index (χ0v) is 38.7. The Morgan fingerprint density at radius 3 is 1.28 bits per heavy atom. The lowest BCUT2D eigenvalue weighted by Crippen LogP contribution is -2.28. The van der Waals surface area contributed by atoms with E-state index in [2.05, 4.69) is 26.0 Å². The Hall–Kier alpha value is -0.760. The molecular weight excluding hydrogens is 734 g/mol. The Morgan fingerprint density at radius 2 is 0.877 bits per heavy atom. The number of allylic oxidation sites excluding steroid dienone is 2. The molecule has 0 aromatic rings. The number of phosphoric acid groups is 1. The zero-order valence-electron chi connectivity index (χ0n) is 37.9. The minimum atomic E-state index is -4.28. The molecule has 57 heavy (non-hydrogen) atoms. The molecule has 0 amide bonds. The van der Waals surface area contributed by atoms with Crippen LogP contribution < -0.4 is 5.73 Å². The summed E-state index contributed by atoms with van der Waals surface area (Å²) in [6.45, 7) is 4.96. The summed E-state index contributed by atoms with van der Waals surface area (Å²) in [5, 5.41) is 0. The molecule has 0 aliphatic rings. The monoisotopic (exact) mass is 830 g/mol. The molecule has 0 heterocycles. The molecule has 0 fully saturated rings. The Kier molecular flexibility index (Phi) is 45.7. The van der Waals surface area contributed by atoms with Crippen molar-refractivity contribution in [2.24, 2.45) is 5.73 Å². The van der Waals surface area contributed by atoms with Crippen molar-refractivity contribution in [3.05, 3.63) is 12.2 Å². The lowest BCUT2D eigenvalue weighted by Gasteiger charge is -2.20. The summed E-state index contributed by atoms with van der Waals surface area (Å²) in [6.07, 6.45) is 51.0. The molecule has 2 unspecified atom stereocenters. The lowest BCUT2D eigenvalue weighted by molar-refractivity contribution is -0.154. The third-order valence-corrected chi connectivity index (χ3v) is 11.9. The Morgan fingerprint density at radius 1 is 0.509 bits per heavy atom. The van der Waals surface area contributed by atoms with E-state index in [1.54, 1.807) is 0 Å². The average Bonchev–Trinajstić information content (AvgIpc) is 3.20. The van der Waals surface area contributed by atoms with Gasteiger partial charge >= 0.3 is 13.8 Å². The van der Waals surface area contributed by atoms with E-state index in [9.17, 15) is 14.3 Å². The van der Waals surface area contributed by atoms with Gasteiger partial charge in [0.15, 0.2) is 0 Å². The van der Waals surface area contributed by atoms with Crippen molar-refractivity contribution in [2.45, 2.75) is 258 Å². The van der Waals surface area contributed by atoms with Gasteiger partial charge in [-0.25, -0.2) is 4.57 Å². The highest BCUT2D eigenvalue weighted by atomic mass is 31.2. The van der Waals surface area contributed by atoms with Gasteiger partial charge < -0.3 is 20.1 Å². The number of unbranched alkanes of at least 4 members (excludes halogenated alkanes) is 33. The van der Waals surface area contributed by atoms with Gasteiger partial charge in [0.05, 0.1) is 19.8 Å². The third-order valence-electron chi connectivity index (χ3n) is 10.9. The van der Waals surface area contributed by atoms with Crippen LogP contribution in [-0.4, -0.2) is 49.9 Å². The number of ether oxygens (including phenoxy) is 2. The number of carbonyl (C=O) groups is 1. The van der Waals surface area contributed by atoms with Crippen molar-refractivity contribution in [3.63, 3.8) is 0 Å². The van der Waals surface area contributed by atoms with Crippen molar-refractivity contribution >= 4 is 13.8 Å². The van der Waals surface area contributed by atoms with Crippen molar-refractivity contribution in [3.8, 4) is 0 Å². The molecule has 9 heteroatoms. The second-order valence-electron chi connectivity index (χ2n) is 16.7. The molecule has 0 aliphatic heterocycles. The molecular formula is C48H96NO7P. The highest BCUT2D eigenvalue weighted by molar-refractivity contribution is 7.47. The first kappa shape index (κ1) is 56.2. The normalized spacial score (nSPS) is 13.4. The molecule has 0 radical (unpaired) electrons. The number of carbonyl (C=O) groups excluding carboxylic acids is 1. The first-order valence-corrected chi connectivity index (χ1v) is 26.2. The fourth-order valence-corrected chi connectivity index (χ4v) is 8.05. The second kappa shape index (κ2) is 46.3. The van der Waals surface area contributed by atoms with Crippen molar-refractivity contribution < 1.29 is 32.8 Å². The molecule has 0 rings (SSSR count). The predicted octanol–water partition coefficient (Wildman–Crippen LogP) is 15.0. The number of rotatable bonds is 48. The van der Waals surface area contributed by atoms with E-state index in [-0.39, 0.29) is 32.3 Å². The van der Waals surface area contributed by atoms with Crippen LogP contribution in [0.25, 0.3) is 0 Å². The van der Waals surface area contributed by atoms with Gasteiger partial charge in [-0.3, -0.25) is 13.8 Å². The molecule has 0 saturated carbocycles. The second-order valence-corrected chi connectivity index (χ2v) is 18.1. The smallest absolute Gasteiger partial charge is 0.457 e. The SMILES string of the molecule is CCCCCCC/C=C\CCCCCCCCOCC(COP(=O)(O)OCCN)OC(=O)CCCCCCCCCCCCCCCCCCCCCCCCC. The van der Waals surface area contributed by atoms with Gasteiger partial charge in [-0.15, -0.1) is 0 Å². The number of phosphoric ester groups is 1. The molecule has 3 N–H and O–H groups in total. The first-order valence-electron chi connectivity index (χ1n) is 24.7. The third kappa shape index (κ3) is 46.2. The highest BCUT2D eigenvalue weighted by Crippen LogP contribution is 2.43. The lowest BCUT2D eigenvalue weighted by atomic mass is 10.0.